The van der Waals surface area contributed by atoms with Gasteiger partial charge in [0.25, 0.3) is 0 Å². The summed E-state index contributed by atoms with van der Waals surface area (Å²) in [5, 5.41) is 3.37. The smallest absolute Gasteiger partial charge is 0.0374 e. The lowest BCUT2D eigenvalue weighted by Gasteiger charge is -2.08. The van der Waals surface area contributed by atoms with E-state index >= 15 is 0 Å². The second-order valence-electron chi connectivity index (χ2n) is 3.24. The van der Waals surface area contributed by atoms with Crippen LogP contribution in [0.15, 0.2) is 0 Å². The molecule has 2 heteroatoms. The monoisotopic (exact) mass is 161 g/mol. The summed E-state index contributed by atoms with van der Waals surface area (Å²) in [6.07, 6.45) is 4.26. The van der Waals surface area contributed by atoms with Gasteiger partial charge in [0.15, 0.2) is 0 Å². The van der Waals surface area contributed by atoms with Gasteiger partial charge in [0.05, 0.1) is 0 Å². The number of alkyl halides is 1. The number of halogens is 1. The summed E-state index contributed by atoms with van der Waals surface area (Å²) in [6.45, 7) is 3.28. The van der Waals surface area contributed by atoms with E-state index < -0.39 is 0 Å². The van der Waals surface area contributed by atoms with Crippen LogP contribution < -0.4 is 5.32 Å². The highest BCUT2D eigenvalue weighted by Crippen LogP contribution is 2.31. The SMILES string of the molecule is CC(CCl)NCCC1CC1. The molecule has 0 aliphatic heterocycles. The van der Waals surface area contributed by atoms with Crippen LogP contribution in [-0.4, -0.2) is 18.5 Å². The Bertz CT molecular complexity index is 91.3. The predicted molar refractivity (Wildman–Crippen MR) is 45.5 cm³/mol. The molecule has 0 amide bonds. The molecule has 0 aromatic rings. The van der Waals surface area contributed by atoms with Gasteiger partial charge >= 0.3 is 0 Å². The first kappa shape index (κ1) is 8.35. The van der Waals surface area contributed by atoms with E-state index in [9.17, 15) is 0 Å². The predicted octanol–water partition coefficient (Wildman–Crippen LogP) is 2.00. The maximum Gasteiger partial charge on any atom is 0.0374 e. The molecule has 1 nitrogen and oxygen atoms in total. The van der Waals surface area contributed by atoms with Crippen molar-refractivity contribution in [1.29, 1.82) is 0 Å². The number of hydrogen-bond acceptors (Lipinski definition) is 1. The summed E-state index contributed by atoms with van der Waals surface area (Å²) in [7, 11) is 0. The molecule has 0 spiro atoms. The second-order valence-corrected chi connectivity index (χ2v) is 3.55. The van der Waals surface area contributed by atoms with Crippen LogP contribution in [0.3, 0.4) is 0 Å². The molecule has 1 rings (SSSR count). The Hall–Kier alpha value is 0.250. The molecule has 1 unspecified atom stereocenters. The van der Waals surface area contributed by atoms with E-state index in [1.54, 1.807) is 0 Å². The van der Waals surface area contributed by atoms with Gasteiger partial charge in [-0.25, -0.2) is 0 Å². The van der Waals surface area contributed by atoms with Crippen molar-refractivity contribution in [3.05, 3.63) is 0 Å². The largest absolute Gasteiger partial charge is 0.313 e. The van der Waals surface area contributed by atoms with Crippen LogP contribution in [0.25, 0.3) is 0 Å². The van der Waals surface area contributed by atoms with Gasteiger partial charge in [-0.2, -0.15) is 0 Å². The van der Waals surface area contributed by atoms with Crippen molar-refractivity contribution < 1.29 is 0 Å². The summed E-state index contributed by atoms with van der Waals surface area (Å²) in [5.74, 6) is 1.76. The fourth-order valence-corrected chi connectivity index (χ4v) is 1.10. The number of hydrogen-bond donors (Lipinski definition) is 1. The molecular weight excluding hydrogens is 146 g/mol. The fraction of sp³-hybridized carbons (Fsp3) is 1.00. The molecule has 1 fully saturated rings. The molecule has 1 atom stereocenters. The zero-order valence-electron chi connectivity index (χ0n) is 6.57. The fourth-order valence-electron chi connectivity index (χ4n) is 0.995. The lowest BCUT2D eigenvalue weighted by Crippen LogP contribution is -2.28. The summed E-state index contributed by atoms with van der Waals surface area (Å²) in [5.41, 5.74) is 0. The summed E-state index contributed by atoms with van der Waals surface area (Å²) in [6, 6.07) is 0.486. The molecule has 0 heterocycles. The van der Waals surface area contributed by atoms with Crippen LogP contribution in [-0.2, 0) is 0 Å². The summed E-state index contributed by atoms with van der Waals surface area (Å²) < 4.78 is 0. The highest BCUT2D eigenvalue weighted by molar-refractivity contribution is 6.18. The van der Waals surface area contributed by atoms with E-state index in [1.165, 1.54) is 19.3 Å². The van der Waals surface area contributed by atoms with Crippen LogP contribution >= 0.6 is 11.6 Å². The quantitative estimate of drug-likeness (QED) is 0.609. The molecular formula is C8H16ClN. The van der Waals surface area contributed by atoms with Gasteiger partial charge < -0.3 is 5.32 Å². The highest BCUT2D eigenvalue weighted by atomic mass is 35.5. The summed E-state index contributed by atoms with van der Waals surface area (Å²) >= 11 is 5.62. The first-order chi connectivity index (χ1) is 4.83. The first-order valence-electron chi connectivity index (χ1n) is 4.12. The molecule has 1 aliphatic rings. The van der Waals surface area contributed by atoms with E-state index in [0.717, 1.165) is 18.3 Å². The van der Waals surface area contributed by atoms with Gasteiger partial charge in [-0.3, -0.25) is 0 Å². The molecule has 0 radical (unpaired) electrons. The van der Waals surface area contributed by atoms with Crippen LogP contribution in [0.4, 0.5) is 0 Å². The maximum atomic E-state index is 5.62. The minimum absolute atomic E-state index is 0.486. The van der Waals surface area contributed by atoms with Crippen LogP contribution in [0, 0.1) is 5.92 Å². The van der Waals surface area contributed by atoms with E-state index in [0.29, 0.717) is 6.04 Å². The third kappa shape index (κ3) is 3.43. The van der Waals surface area contributed by atoms with Gasteiger partial charge in [0, 0.05) is 11.9 Å². The first-order valence-corrected chi connectivity index (χ1v) is 4.65. The lowest BCUT2D eigenvalue weighted by atomic mass is 10.3. The topological polar surface area (TPSA) is 12.0 Å². The van der Waals surface area contributed by atoms with Crippen molar-refractivity contribution in [1.82, 2.24) is 5.32 Å². The molecule has 0 bridgehead atoms. The standard InChI is InChI=1S/C8H16ClN/c1-7(6-9)10-5-4-8-2-3-8/h7-8,10H,2-6H2,1H3. The van der Waals surface area contributed by atoms with Crippen molar-refractivity contribution in [3.8, 4) is 0 Å². The highest BCUT2D eigenvalue weighted by Gasteiger charge is 2.20. The number of nitrogens with one attached hydrogen (secondary N) is 1. The Morgan fingerprint density at radius 1 is 1.60 bits per heavy atom. The van der Waals surface area contributed by atoms with Crippen molar-refractivity contribution in [2.75, 3.05) is 12.4 Å². The lowest BCUT2D eigenvalue weighted by molar-refractivity contribution is 0.553. The van der Waals surface area contributed by atoms with Gasteiger partial charge in [-0.15, -0.1) is 11.6 Å². The zero-order chi connectivity index (χ0) is 7.40. The Morgan fingerprint density at radius 2 is 2.30 bits per heavy atom. The van der Waals surface area contributed by atoms with Crippen molar-refractivity contribution in [3.63, 3.8) is 0 Å². The van der Waals surface area contributed by atoms with Crippen molar-refractivity contribution in [2.24, 2.45) is 5.92 Å². The zero-order valence-corrected chi connectivity index (χ0v) is 7.32. The normalized spacial score (nSPS) is 21.0. The third-order valence-electron chi connectivity index (χ3n) is 1.97. The van der Waals surface area contributed by atoms with Crippen molar-refractivity contribution in [2.45, 2.75) is 32.2 Å². The molecule has 10 heavy (non-hydrogen) atoms. The van der Waals surface area contributed by atoms with Crippen LogP contribution in [0.1, 0.15) is 26.2 Å². The average Bonchev–Trinajstić information content (AvgIpc) is 2.71. The minimum Gasteiger partial charge on any atom is -0.313 e. The minimum atomic E-state index is 0.486. The molecule has 1 aliphatic carbocycles. The molecule has 0 aromatic carbocycles. The van der Waals surface area contributed by atoms with E-state index in [4.69, 9.17) is 11.6 Å². The average molecular weight is 162 g/mol. The Kier molecular flexibility index (Phi) is 3.50. The number of rotatable bonds is 5. The summed E-state index contributed by atoms with van der Waals surface area (Å²) in [4.78, 5) is 0. The Morgan fingerprint density at radius 3 is 2.80 bits per heavy atom. The molecule has 0 aromatic heterocycles. The Labute approximate surface area is 68.1 Å². The third-order valence-corrected chi connectivity index (χ3v) is 2.44. The van der Waals surface area contributed by atoms with Crippen LogP contribution in [0.5, 0.6) is 0 Å². The van der Waals surface area contributed by atoms with E-state index in [2.05, 4.69) is 12.2 Å². The van der Waals surface area contributed by atoms with E-state index in [1.807, 2.05) is 0 Å². The van der Waals surface area contributed by atoms with Gasteiger partial charge in [0.1, 0.15) is 0 Å². The molecule has 60 valence electrons. The Balaban J connectivity index is 1.83. The van der Waals surface area contributed by atoms with Gasteiger partial charge in [0.2, 0.25) is 0 Å². The molecule has 1 N–H and O–H groups in total. The van der Waals surface area contributed by atoms with Crippen molar-refractivity contribution >= 4 is 11.6 Å². The maximum absolute atomic E-state index is 5.62. The van der Waals surface area contributed by atoms with Gasteiger partial charge in [-0.05, 0) is 25.8 Å². The molecule has 1 saturated carbocycles. The second kappa shape index (κ2) is 4.20. The molecule has 0 saturated heterocycles. The van der Waals surface area contributed by atoms with Crippen LogP contribution in [0.2, 0.25) is 0 Å². The van der Waals surface area contributed by atoms with E-state index in [-0.39, 0.29) is 0 Å². The van der Waals surface area contributed by atoms with Gasteiger partial charge in [-0.1, -0.05) is 12.8 Å².